The normalized spacial score (nSPS) is 14.7. The molecule has 1 aliphatic heterocycles. The first-order chi connectivity index (χ1) is 18.4. The van der Waals surface area contributed by atoms with E-state index in [1.54, 1.807) is 6.07 Å². The molecule has 1 heterocycles. The van der Waals surface area contributed by atoms with Crippen LogP contribution in [0.1, 0.15) is 24.4 Å². The second-order valence-electron chi connectivity index (χ2n) is 8.62. The fourth-order valence-electron chi connectivity index (χ4n) is 3.78. The lowest BCUT2D eigenvalue weighted by atomic mass is 10.0. The number of benzene rings is 2. The summed E-state index contributed by atoms with van der Waals surface area (Å²) in [5, 5.41) is 7.85. The van der Waals surface area contributed by atoms with Crippen molar-refractivity contribution >= 4 is 49.3 Å². The molecule has 0 spiro atoms. The molecule has 2 aromatic rings. The smallest absolute Gasteiger partial charge is 0.280 e. The predicted molar refractivity (Wildman–Crippen MR) is 141 cm³/mol. The minimum atomic E-state index is -4.24. The summed E-state index contributed by atoms with van der Waals surface area (Å²) in [6.07, 6.45) is -0.398. The van der Waals surface area contributed by atoms with Crippen molar-refractivity contribution in [2.24, 2.45) is 5.14 Å². The van der Waals surface area contributed by atoms with Crippen molar-refractivity contribution in [2.75, 3.05) is 37.9 Å². The summed E-state index contributed by atoms with van der Waals surface area (Å²) in [5.41, 5.74) is -0.0240. The number of nitrogens with zero attached hydrogens (tertiary/aromatic N) is 2. The Morgan fingerprint density at radius 2 is 1.67 bits per heavy atom. The summed E-state index contributed by atoms with van der Waals surface area (Å²) >= 11 is 6.39. The molecular formula is C23H28ClF2N5O6S2. The van der Waals surface area contributed by atoms with Crippen LogP contribution in [-0.4, -0.2) is 72.0 Å². The third-order valence-electron chi connectivity index (χ3n) is 5.81. The molecule has 0 aliphatic carbocycles. The first-order valence-electron chi connectivity index (χ1n) is 11.8. The SMILES string of the molecule is NS(=O)(=O)c1cccc(N(C(=O)CNS(=O)(=O)N2CC2)C(C(=O)NC(CCF)CCF)c2ccccc2Cl)c1. The molecule has 0 saturated carbocycles. The molecule has 2 amide bonds. The fraction of sp³-hybridized carbons (Fsp3) is 0.391. The van der Waals surface area contributed by atoms with Gasteiger partial charge < -0.3 is 5.32 Å². The Balaban J connectivity index is 2.13. The predicted octanol–water partition coefficient (Wildman–Crippen LogP) is 1.42. The molecule has 0 bridgehead atoms. The van der Waals surface area contributed by atoms with Gasteiger partial charge in [0.25, 0.3) is 10.2 Å². The molecule has 3 rings (SSSR count). The second kappa shape index (κ2) is 13.1. The number of carbonyl (C=O) groups is 2. The highest BCUT2D eigenvalue weighted by atomic mass is 35.5. The number of rotatable bonds is 14. The third kappa shape index (κ3) is 8.16. The zero-order chi connectivity index (χ0) is 28.8. The Kier molecular flexibility index (Phi) is 10.4. The van der Waals surface area contributed by atoms with Crippen molar-refractivity contribution in [2.45, 2.75) is 29.8 Å². The van der Waals surface area contributed by atoms with Gasteiger partial charge in [0.15, 0.2) is 0 Å². The Bertz CT molecular complexity index is 1400. The summed E-state index contributed by atoms with van der Waals surface area (Å²) in [6.45, 7) is -1.94. The maximum absolute atomic E-state index is 13.7. The van der Waals surface area contributed by atoms with Crippen molar-refractivity contribution in [3.63, 3.8) is 0 Å². The number of anilines is 1. The fourth-order valence-corrected chi connectivity index (χ4v) is 5.63. The zero-order valence-corrected chi connectivity index (χ0v) is 23.0. The topological polar surface area (TPSA) is 159 Å². The van der Waals surface area contributed by atoms with E-state index >= 15 is 0 Å². The highest BCUT2D eigenvalue weighted by Crippen LogP contribution is 2.33. The van der Waals surface area contributed by atoms with Gasteiger partial charge in [0.1, 0.15) is 6.04 Å². The molecule has 214 valence electrons. The largest absolute Gasteiger partial charge is 0.351 e. The van der Waals surface area contributed by atoms with Crippen molar-refractivity contribution in [3.8, 4) is 0 Å². The first kappa shape index (κ1) is 30.8. The van der Waals surface area contributed by atoms with Gasteiger partial charge in [-0.25, -0.2) is 13.6 Å². The van der Waals surface area contributed by atoms with E-state index in [0.717, 1.165) is 15.3 Å². The number of nitrogens with one attached hydrogen (secondary N) is 2. The molecule has 0 radical (unpaired) electrons. The van der Waals surface area contributed by atoms with Crippen molar-refractivity contribution in [1.29, 1.82) is 0 Å². The maximum Gasteiger partial charge on any atom is 0.280 e. The van der Waals surface area contributed by atoms with Crippen LogP contribution in [0.25, 0.3) is 0 Å². The summed E-state index contributed by atoms with van der Waals surface area (Å²) in [6, 6.07) is 8.31. The van der Waals surface area contributed by atoms with Crippen LogP contribution in [0.3, 0.4) is 0 Å². The van der Waals surface area contributed by atoms with Crippen LogP contribution < -0.4 is 20.1 Å². The number of hydrogen-bond acceptors (Lipinski definition) is 6. The zero-order valence-electron chi connectivity index (χ0n) is 20.6. The minimum Gasteiger partial charge on any atom is -0.351 e. The number of amides is 2. The van der Waals surface area contributed by atoms with Gasteiger partial charge in [-0.05, 0) is 37.1 Å². The average Bonchev–Trinajstić information content (AvgIpc) is 3.73. The number of sulfonamides is 1. The lowest BCUT2D eigenvalue weighted by molar-refractivity contribution is -0.126. The molecule has 1 aliphatic rings. The number of alkyl halides is 2. The Hall–Kier alpha value is -2.69. The van der Waals surface area contributed by atoms with Crippen LogP contribution in [0.5, 0.6) is 0 Å². The van der Waals surface area contributed by atoms with Crippen molar-refractivity contribution in [3.05, 3.63) is 59.1 Å². The molecular weight excluding hydrogens is 580 g/mol. The van der Waals surface area contributed by atoms with E-state index in [0.29, 0.717) is 0 Å². The summed E-state index contributed by atoms with van der Waals surface area (Å²) in [7, 11) is -8.21. The number of hydrogen-bond donors (Lipinski definition) is 3. The van der Waals surface area contributed by atoms with Crippen molar-refractivity contribution < 1.29 is 35.2 Å². The first-order valence-corrected chi connectivity index (χ1v) is 15.1. The Morgan fingerprint density at radius 1 is 1.03 bits per heavy atom. The minimum absolute atomic E-state index is 0.0512. The van der Waals surface area contributed by atoms with Crippen LogP contribution in [0.4, 0.5) is 14.5 Å². The van der Waals surface area contributed by atoms with Gasteiger partial charge >= 0.3 is 0 Å². The standard InChI is InChI=1S/C23H28ClF2N5O6S2/c24-20-7-2-1-6-19(20)22(23(33)29-16(8-10-25)9-11-26)31(17-4-3-5-18(14-17)38(27,34)35)21(32)15-28-39(36,37)30-12-13-30/h1-7,14,16,22,28H,8-13,15H2,(H,29,33)(H2,27,34,35). The van der Waals surface area contributed by atoms with E-state index in [2.05, 4.69) is 10.0 Å². The lowest BCUT2D eigenvalue weighted by Gasteiger charge is -2.33. The highest BCUT2D eigenvalue weighted by Gasteiger charge is 2.37. The molecule has 11 nitrogen and oxygen atoms in total. The third-order valence-corrected chi connectivity index (χ3v) is 8.62. The van der Waals surface area contributed by atoms with Gasteiger partial charge in [0.2, 0.25) is 21.8 Å². The van der Waals surface area contributed by atoms with E-state index in [4.69, 9.17) is 16.7 Å². The molecule has 2 aromatic carbocycles. The second-order valence-corrected chi connectivity index (χ2v) is 12.3. The number of carbonyl (C=O) groups excluding carboxylic acids is 2. The van der Waals surface area contributed by atoms with Gasteiger partial charge in [0, 0.05) is 35.4 Å². The quantitative estimate of drug-likeness (QED) is 0.276. The molecule has 4 N–H and O–H groups in total. The number of halogens is 3. The highest BCUT2D eigenvalue weighted by molar-refractivity contribution is 7.89. The van der Waals surface area contributed by atoms with E-state index in [1.807, 2.05) is 0 Å². The molecule has 1 saturated heterocycles. The van der Waals surface area contributed by atoms with E-state index in [1.165, 1.54) is 36.4 Å². The van der Waals surface area contributed by atoms with Crippen LogP contribution in [0, 0.1) is 0 Å². The average molecular weight is 608 g/mol. The molecule has 1 unspecified atom stereocenters. The maximum atomic E-state index is 13.7. The van der Waals surface area contributed by atoms with Gasteiger partial charge in [-0.1, -0.05) is 35.9 Å². The number of nitrogens with two attached hydrogens (primary N) is 1. The Labute approximate surface area is 230 Å². The van der Waals surface area contributed by atoms with Gasteiger partial charge in [0.05, 0.1) is 24.8 Å². The molecule has 0 aromatic heterocycles. The van der Waals surface area contributed by atoms with Gasteiger partial charge in [-0.15, -0.1) is 0 Å². The lowest BCUT2D eigenvalue weighted by Crippen LogP contribution is -2.50. The van der Waals surface area contributed by atoms with E-state index in [-0.39, 0.29) is 47.1 Å². The van der Waals surface area contributed by atoms with Crippen LogP contribution in [0.15, 0.2) is 53.4 Å². The summed E-state index contributed by atoms with van der Waals surface area (Å²) in [5.74, 6) is -1.82. The Morgan fingerprint density at radius 3 is 2.23 bits per heavy atom. The molecule has 1 fully saturated rings. The molecule has 1 atom stereocenters. The monoisotopic (exact) mass is 607 g/mol. The van der Waals surface area contributed by atoms with Crippen LogP contribution in [0.2, 0.25) is 5.02 Å². The van der Waals surface area contributed by atoms with E-state index < -0.39 is 64.0 Å². The van der Waals surface area contributed by atoms with Crippen LogP contribution in [-0.2, 0) is 29.8 Å². The van der Waals surface area contributed by atoms with Gasteiger partial charge in [-0.2, -0.15) is 17.4 Å². The van der Waals surface area contributed by atoms with Crippen LogP contribution >= 0.6 is 11.6 Å². The number of primary sulfonamides is 1. The summed E-state index contributed by atoms with van der Waals surface area (Å²) in [4.78, 5) is 27.8. The summed E-state index contributed by atoms with van der Waals surface area (Å²) < 4.78 is 78.2. The van der Waals surface area contributed by atoms with Gasteiger partial charge in [-0.3, -0.25) is 23.3 Å². The van der Waals surface area contributed by atoms with Crippen molar-refractivity contribution in [1.82, 2.24) is 14.3 Å². The molecule has 39 heavy (non-hydrogen) atoms. The molecule has 16 heteroatoms. The van der Waals surface area contributed by atoms with E-state index in [9.17, 15) is 35.2 Å².